The molecule has 0 bridgehead atoms. The molecule has 2 aromatic rings. The predicted octanol–water partition coefficient (Wildman–Crippen LogP) is 2.36. The van der Waals surface area contributed by atoms with E-state index >= 15 is 0 Å². The fourth-order valence-corrected chi connectivity index (χ4v) is 1.17. The van der Waals surface area contributed by atoms with Gasteiger partial charge in [-0.2, -0.15) is 0 Å². The molecule has 0 saturated heterocycles. The lowest BCUT2D eigenvalue weighted by atomic mass is 10.2. The third-order valence-electron chi connectivity index (χ3n) is 1.79. The van der Waals surface area contributed by atoms with Crippen LogP contribution in [0.25, 0.3) is 11.5 Å². The maximum atomic E-state index is 5.43. The lowest BCUT2D eigenvalue weighted by Gasteiger charge is -2.02. The number of benzene rings is 1. The van der Waals surface area contributed by atoms with Crippen LogP contribution in [0.4, 0.5) is 6.01 Å². The van der Waals surface area contributed by atoms with Gasteiger partial charge in [0, 0.05) is 11.6 Å². The van der Waals surface area contributed by atoms with E-state index in [1.54, 1.807) is 0 Å². The van der Waals surface area contributed by atoms with Gasteiger partial charge in [0.1, 0.15) is 0 Å². The molecule has 0 amide bonds. The highest BCUT2D eigenvalue weighted by atomic mass is 16.4. The Hall–Kier alpha value is -1.84. The van der Waals surface area contributed by atoms with E-state index in [9.17, 15) is 0 Å². The first-order chi connectivity index (χ1) is 7.25. The molecule has 0 atom stereocenters. The summed E-state index contributed by atoms with van der Waals surface area (Å²) in [4.78, 5) is 0. The zero-order valence-corrected chi connectivity index (χ0v) is 8.69. The molecule has 15 heavy (non-hydrogen) atoms. The topological polar surface area (TPSA) is 51.0 Å². The zero-order valence-electron chi connectivity index (χ0n) is 8.69. The van der Waals surface area contributed by atoms with E-state index in [2.05, 4.69) is 21.6 Å². The van der Waals surface area contributed by atoms with Crippen LogP contribution in [0.3, 0.4) is 0 Å². The van der Waals surface area contributed by atoms with Crippen LogP contribution in [0.15, 0.2) is 28.7 Å². The van der Waals surface area contributed by atoms with E-state index < -0.39 is 0 Å². The van der Waals surface area contributed by atoms with Crippen molar-refractivity contribution in [2.45, 2.75) is 19.9 Å². The Bertz CT molecular complexity index is 422. The van der Waals surface area contributed by atoms with Crippen LogP contribution in [0, 0.1) is 6.07 Å². The van der Waals surface area contributed by atoms with Gasteiger partial charge in [-0.25, -0.2) is 0 Å². The van der Waals surface area contributed by atoms with Crippen LogP contribution in [0.1, 0.15) is 13.8 Å². The number of hydrogen-bond donors (Lipinski definition) is 1. The summed E-state index contributed by atoms with van der Waals surface area (Å²) in [5, 5.41) is 10.9. The highest BCUT2D eigenvalue weighted by molar-refractivity contribution is 5.52. The number of nitrogens with zero attached hydrogens (tertiary/aromatic N) is 2. The molecule has 2 rings (SSSR count). The Morgan fingerprint density at radius 1 is 1.40 bits per heavy atom. The van der Waals surface area contributed by atoms with Gasteiger partial charge in [0.25, 0.3) is 0 Å². The molecular formula is C11H12N3O. The van der Waals surface area contributed by atoms with Gasteiger partial charge in [-0.15, -0.1) is 5.10 Å². The van der Waals surface area contributed by atoms with E-state index in [1.807, 2.05) is 38.1 Å². The number of anilines is 1. The third kappa shape index (κ3) is 2.34. The Kier molecular flexibility index (Phi) is 2.67. The maximum Gasteiger partial charge on any atom is 0.315 e. The summed E-state index contributed by atoms with van der Waals surface area (Å²) in [6.45, 7) is 4.03. The molecule has 1 radical (unpaired) electrons. The lowest BCUT2D eigenvalue weighted by molar-refractivity contribution is 0.574. The van der Waals surface area contributed by atoms with Gasteiger partial charge in [0.2, 0.25) is 5.89 Å². The summed E-state index contributed by atoms with van der Waals surface area (Å²) in [5.41, 5.74) is 0.877. The molecule has 4 nitrogen and oxygen atoms in total. The van der Waals surface area contributed by atoms with E-state index in [0.29, 0.717) is 11.9 Å². The van der Waals surface area contributed by atoms with Gasteiger partial charge in [-0.1, -0.05) is 17.2 Å². The molecule has 0 aliphatic heterocycles. The van der Waals surface area contributed by atoms with Crippen LogP contribution in [0.5, 0.6) is 0 Å². The van der Waals surface area contributed by atoms with Crippen LogP contribution < -0.4 is 5.32 Å². The first-order valence-corrected chi connectivity index (χ1v) is 4.82. The minimum Gasteiger partial charge on any atom is -0.403 e. The van der Waals surface area contributed by atoms with Gasteiger partial charge in [-0.05, 0) is 32.0 Å². The lowest BCUT2D eigenvalue weighted by Crippen LogP contribution is -2.09. The standard InChI is InChI=1S/C11H12N3O/c1-8(2)12-11-14-13-10(15-11)9-6-4-3-5-7-9/h3-4,6-8H,1-2H3,(H,12,14). The van der Waals surface area contributed by atoms with Crippen molar-refractivity contribution >= 4 is 6.01 Å². The molecule has 1 N–H and O–H groups in total. The van der Waals surface area contributed by atoms with Crippen LogP contribution in [-0.2, 0) is 0 Å². The number of hydrogen-bond acceptors (Lipinski definition) is 4. The minimum atomic E-state index is 0.278. The monoisotopic (exact) mass is 202 g/mol. The van der Waals surface area contributed by atoms with Crippen molar-refractivity contribution in [3.63, 3.8) is 0 Å². The Balaban J connectivity index is 2.21. The van der Waals surface area contributed by atoms with Crippen molar-refractivity contribution in [2.75, 3.05) is 5.32 Å². The van der Waals surface area contributed by atoms with E-state index in [1.165, 1.54) is 0 Å². The quantitative estimate of drug-likeness (QED) is 0.830. The summed E-state index contributed by atoms with van der Waals surface area (Å²) >= 11 is 0. The number of nitrogens with one attached hydrogen (secondary N) is 1. The molecule has 1 aromatic heterocycles. The average molecular weight is 202 g/mol. The summed E-state index contributed by atoms with van der Waals surface area (Å²) in [6.07, 6.45) is 0. The van der Waals surface area contributed by atoms with E-state index in [-0.39, 0.29) is 6.04 Å². The molecule has 0 saturated carbocycles. The van der Waals surface area contributed by atoms with E-state index in [4.69, 9.17) is 4.42 Å². The molecule has 0 fully saturated rings. The molecule has 0 spiro atoms. The SMILES string of the molecule is CC(C)Nc1nnc(-c2c[c]ccc2)o1. The van der Waals surface area contributed by atoms with Crippen molar-refractivity contribution in [3.8, 4) is 11.5 Å². The second kappa shape index (κ2) is 4.13. The van der Waals surface area contributed by atoms with Crippen molar-refractivity contribution in [3.05, 3.63) is 30.3 Å². The molecule has 4 heteroatoms. The molecule has 0 aliphatic carbocycles. The predicted molar refractivity (Wildman–Crippen MR) is 57.3 cm³/mol. The molecule has 0 aliphatic rings. The van der Waals surface area contributed by atoms with Crippen molar-refractivity contribution in [1.82, 2.24) is 10.2 Å². The van der Waals surface area contributed by atoms with Crippen molar-refractivity contribution < 1.29 is 4.42 Å². The van der Waals surface area contributed by atoms with Gasteiger partial charge < -0.3 is 9.73 Å². The van der Waals surface area contributed by atoms with Crippen LogP contribution in [0.2, 0.25) is 0 Å². The van der Waals surface area contributed by atoms with Gasteiger partial charge in [0.15, 0.2) is 0 Å². The average Bonchev–Trinajstić information content (AvgIpc) is 2.67. The zero-order chi connectivity index (χ0) is 10.7. The minimum absolute atomic E-state index is 0.278. The summed E-state index contributed by atoms with van der Waals surface area (Å²) in [7, 11) is 0. The second-order valence-electron chi connectivity index (χ2n) is 3.50. The second-order valence-corrected chi connectivity index (χ2v) is 3.50. The molecular weight excluding hydrogens is 190 g/mol. The molecule has 77 valence electrons. The fraction of sp³-hybridized carbons (Fsp3) is 0.273. The smallest absolute Gasteiger partial charge is 0.315 e. The number of rotatable bonds is 3. The first kappa shape index (κ1) is 9.71. The summed E-state index contributed by atoms with van der Waals surface area (Å²) < 4.78 is 5.43. The Morgan fingerprint density at radius 3 is 2.93 bits per heavy atom. The fourth-order valence-electron chi connectivity index (χ4n) is 1.17. The summed E-state index contributed by atoms with van der Waals surface area (Å²) in [5.74, 6) is 0.509. The number of aromatic nitrogens is 2. The van der Waals surface area contributed by atoms with Crippen molar-refractivity contribution in [1.29, 1.82) is 0 Å². The highest BCUT2D eigenvalue weighted by Crippen LogP contribution is 2.18. The largest absolute Gasteiger partial charge is 0.403 e. The Labute approximate surface area is 88.3 Å². The third-order valence-corrected chi connectivity index (χ3v) is 1.79. The van der Waals surface area contributed by atoms with Gasteiger partial charge in [0.05, 0.1) is 0 Å². The first-order valence-electron chi connectivity index (χ1n) is 4.82. The molecule has 1 heterocycles. The highest BCUT2D eigenvalue weighted by Gasteiger charge is 2.07. The van der Waals surface area contributed by atoms with Gasteiger partial charge in [-0.3, -0.25) is 0 Å². The molecule has 0 unspecified atom stereocenters. The summed E-state index contributed by atoms with van der Waals surface area (Å²) in [6, 6.07) is 11.1. The van der Waals surface area contributed by atoms with Crippen LogP contribution in [-0.4, -0.2) is 16.2 Å². The maximum absolute atomic E-state index is 5.43. The van der Waals surface area contributed by atoms with Gasteiger partial charge >= 0.3 is 6.01 Å². The van der Waals surface area contributed by atoms with E-state index in [0.717, 1.165) is 5.56 Å². The van der Waals surface area contributed by atoms with Crippen molar-refractivity contribution in [2.24, 2.45) is 0 Å². The Morgan fingerprint density at radius 2 is 2.27 bits per heavy atom. The molecule has 1 aromatic carbocycles. The van der Waals surface area contributed by atoms with Crippen LogP contribution >= 0.6 is 0 Å². The normalized spacial score (nSPS) is 10.6.